The highest BCUT2D eigenvalue weighted by atomic mass is 16.2. The summed E-state index contributed by atoms with van der Waals surface area (Å²) in [6, 6.07) is 12.3. The Kier molecular flexibility index (Phi) is 4.53. The van der Waals surface area contributed by atoms with Crippen molar-refractivity contribution in [2.24, 2.45) is 5.73 Å². The van der Waals surface area contributed by atoms with E-state index in [9.17, 15) is 9.59 Å². The van der Waals surface area contributed by atoms with Crippen molar-refractivity contribution in [2.45, 2.75) is 20.8 Å². The van der Waals surface area contributed by atoms with E-state index in [-0.39, 0.29) is 11.4 Å². The molecule has 2 amide bonds. The third kappa shape index (κ3) is 3.32. The Morgan fingerprint density at radius 3 is 2.38 bits per heavy atom. The van der Waals surface area contributed by atoms with Gasteiger partial charge in [0.05, 0.1) is 17.1 Å². The molecule has 2 heterocycles. The minimum absolute atomic E-state index is 0.0991. The molecule has 7 heteroatoms. The van der Waals surface area contributed by atoms with Gasteiger partial charge in [0.25, 0.3) is 11.8 Å². The number of nitrogens with zero attached hydrogens (tertiary/aromatic N) is 3. The Hall–Kier alpha value is -3.48. The lowest BCUT2D eigenvalue weighted by Gasteiger charge is -2.11. The normalized spacial score (nSPS) is 10.6. The van der Waals surface area contributed by atoms with Crippen LogP contribution in [0.5, 0.6) is 0 Å². The average Bonchev–Trinajstić information content (AvgIpc) is 3.04. The highest BCUT2D eigenvalue weighted by Crippen LogP contribution is 2.20. The van der Waals surface area contributed by atoms with Crippen LogP contribution in [0, 0.1) is 20.8 Å². The van der Waals surface area contributed by atoms with E-state index < -0.39 is 11.8 Å². The zero-order valence-corrected chi connectivity index (χ0v) is 14.8. The summed E-state index contributed by atoms with van der Waals surface area (Å²) in [5, 5.41) is 7.08. The van der Waals surface area contributed by atoms with Gasteiger partial charge in [-0.2, -0.15) is 5.10 Å². The van der Waals surface area contributed by atoms with Crippen LogP contribution in [0.15, 0.2) is 42.5 Å². The van der Waals surface area contributed by atoms with Crippen LogP contribution < -0.4 is 11.1 Å². The maximum atomic E-state index is 12.7. The summed E-state index contributed by atoms with van der Waals surface area (Å²) in [6.45, 7) is 5.62. The molecule has 132 valence electrons. The van der Waals surface area contributed by atoms with Crippen LogP contribution in [0.1, 0.15) is 37.9 Å². The fourth-order valence-corrected chi connectivity index (χ4v) is 2.82. The van der Waals surface area contributed by atoms with Crippen molar-refractivity contribution >= 4 is 17.5 Å². The van der Waals surface area contributed by atoms with Crippen molar-refractivity contribution in [3.8, 4) is 5.69 Å². The smallest absolute Gasteiger partial charge is 0.276 e. The predicted octanol–water partition coefficient (Wildman–Crippen LogP) is 2.54. The zero-order valence-electron chi connectivity index (χ0n) is 14.8. The van der Waals surface area contributed by atoms with Gasteiger partial charge in [0.1, 0.15) is 5.69 Å². The number of aromatic nitrogens is 3. The summed E-state index contributed by atoms with van der Waals surface area (Å²) in [4.78, 5) is 28.8. The molecule has 7 nitrogen and oxygen atoms in total. The number of para-hydroxylation sites is 1. The predicted molar refractivity (Wildman–Crippen MR) is 98.5 cm³/mol. The number of hydrogen-bond donors (Lipinski definition) is 2. The van der Waals surface area contributed by atoms with Crippen LogP contribution in [0.2, 0.25) is 0 Å². The van der Waals surface area contributed by atoms with E-state index in [1.54, 1.807) is 12.1 Å². The molecule has 0 bridgehead atoms. The van der Waals surface area contributed by atoms with Crippen LogP contribution >= 0.6 is 0 Å². The van der Waals surface area contributed by atoms with Gasteiger partial charge in [0.2, 0.25) is 0 Å². The second-order valence-corrected chi connectivity index (χ2v) is 6.02. The Balaban J connectivity index is 1.98. The number of hydrogen-bond acceptors (Lipinski definition) is 4. The molecular weight excluding hydrogens is 330 g/mol. The summed E-state index contributed by atoms with van der Waals surface area (Å²) in [5.74, 6) is -1.09. The molecule has 0 fully saturated rings. The van der Waals surface area contributed by atoms with E-state index in [0.717, 1.165) is 11.3 Å². The van der Waals surface area contributed by atoms with E-state index in [1.807, 2.05) is 45.0 Å². The highest BCUT2D eigenvalue weighted by molar-refractivity contribution is 6.05. The van der Waals surface area contributed by atoms with Crippen molar-refractivity contribution in [1.82, 2.24) is 14.8 Å². The lowest BCUT2D eigenvalue weighted by Crippen LogP contribution is -2.16. The standard InChI is InChI=1S/C19H19N5O2/c1-11-9-12(2)21-13(3)17(11)22-19(26)15-10-16(18(20)25)24(23-15)14-7-5-4-6-8-14/h4-10H,1-3H3,(H2,20,25)(H,22,26). The molecule has 1 aromatic carbocycles. The SMILES string of the molecule is Cc1cc(C)c(NC(=O)c2cc(C(N)=O)n(-c3ccccc3)n2)c(C)n1. The van der Waals surface area contributed by atoms with Gasteiger partial charge in [-0.25, -0.2) is 4.68 Å². The third-order valence-electron chi connectivity index (χ3n) is 3.96. The molecule has 0 unspecified atom stereocenters. The first-order chi connectivity index (χ1) is 12.4. The molecule has 3 N–H and O–H groups in total. The fourth-order valence-electron chi connectivity index (χ4n) is 2.82. The van der Waals surface area contributed by atoms with Gasteiger partial charge in [-0.1, -0.05) is 18.2 Å². The number of rotatable bonds is 4. The zero-order chi connectivity index (χ0) is 18.8. The van der Waals surface area contributed by atoms with Crippen LogP contribution in [0.3, 0.4) is 0 Å². The number of carbonyl (C=O) groups excluding carboxylic acids is 2. The van der Waals surface area contributed by atoms with Crippen molar-refractivity contribution in [3.63, 3.8) is 0 Å². The Morgan fingerprint density at radius 1 is 1.08 bits per heavy atom. The van der Waals surface area contributed by atoms with Gasteiger partial charge in [-0.15, -0.1) is 0 Å². The number of aryl methyl sites for hydroxylation is 3. The summed E-state index contributed by atoms with van der Waals surface area (Å²) < 4.78 is 1.37. The number of primary amides is 1. The largest absolute Gasteiger partial charge is 0.364 e. The Labute approximate surface area is 150 Å². The quantitative estimate of drug-likeness (QED) is 0.755. The number of benzene rings is 1. The van der Waals surface area contributed by atoms with Gasteiger partial charge in [0.15, 0.2) is 5.69 Å². The summed E-state index contributed by atoms with van der Waals surface area (Å²) in [5.41, 5.74) is 9.45. The van der Waals surface area contributed by atoms with Crippen molar-refractivity contribution in [2.75, 3.05) is 5.32 Å². The first kappa shape index (κ1) is 17.3. The molecule has 3 aromatic rings. The summed E-state index contributed by atoms with van der Waals surface area (Å²) in [6.07, 6.45) is 0. The lowest BCUT2D eigenvalue weighted by molar-refractivity contribution is 0.0991. The number of anilines is 1. The third-order valence-corrected chi connectivity index (χ3v) is 3.96. The molecule has 0 saturated heterocycles. The number of nitrogens with two attached hydrogens (primary N) is 1. The number of nitrogens with one attached hydrogen (secondary N) is 1. The Bertz CT molecular complexity index is 969. The summed E-state index contributed by atoms with van der Waals surface area (Å²) >= 11 is 0. The minimum atomic E-state index is -0.662. The van der Waals surface area contributed by atoms with Crippen LogP contribution in [0.4, 0.5) is 5.69 Å². The second kappa shape index (κ2) is 6.79. The monoisotopic (exact) mass is 349 g/mol. The van der Waals surface area contributed by atoms with Crippen molar-refractivity contribution in [1.29, 1.82) is 0 Å². The molecular formula is C19H19N5O2. The van der Waals surface area contributed by atoms with Gasteiger partial charge in [-0.3, -0.25) is 14.6 Å². The number of carbonyl (C=O) groups is 2. The van der Waals surface area contributed by atoms with E-state index >= 15 is 0 Å². The number of pyridine rings is 1. The van der Waals surface area contributed by atoms with E-state index in [0.29, 0.717) is 17.1 Å². The molecule has 0 spiro atoms. The molecule has 0 atom stereocenters. The first-order valence-electron chi connectivity index (χ1n) is 8.08. The van der Waals surface area contributed by atoms with Gasteiger partial charge >= 0.3 is 0 Å². The lowest BCUT2D eigenvalue weighted by atomic mass is 10.1. The Morgan fingerprint density at radius 2 is 1.77 bits per heavy atom. The molecule has 26 heavy (non-hydrogen) atoms. The molecule has 0 aliphatic heterocycles. The van der Waals surface area contributed by atoms with E-state index in [1.165, 1.54) is 10.7 Å². The summed E-state index contributed by atoms with van der Waals surface area (Å²) in [7, 11) is 0. The van der Waals surface area contributed by atoms with Crippen molar-refractivity contribution < 1.29 is 9.59 Å². The van der Waals surface area contributed by atoms with Crippen molar-refractivity contribution in [3.05, 3.63) is 70.8 Å². The minimum Gasteiger partial charge on any atom is -0.364 e. The van der Waals surface area contributed by atoms with Gasteiger partial charge < -0.3 is 11.1 Å². The second-order valence-electron chi connectivity index (χ2n) is 6.02. The van der Waals surface area contributed by atoms with Gasteiger partial charge in [0, 0.05) is 11.8 Å². The van der Waals surface area contributed by atoms with Crippen LogP contribution in [-0.2, 0) is 0 Å². The fraction of sp³-hybridized carbons (Fsp3) is 0.158. The van der Waals surface area contributed by atoms with Crippen LogP contribution in [-0.4, -0.2) is 26.6 Å². The topological polar surface area (TPSA) is 103 Å². The van der Waals surface area contributed by atoms with E-state index in [4.69, 9.17) is 5.73 Å². The number of amides is 2. The maximum Gasteiger partial charge on any atom is 0.276 e. The van der Waals surface area contributed by atoms with E-state index in [2.05, 4.69) is 15.4 Å². The first-order valence-corrected chi connectivity index (χ1v) is 8.08. The average molecular weight is 349 g/mol. The molecule has 0 aliphatic carbocycles. The highest BCUT2D eigenvalue weighted by Gasteiger charge is 2.20. The molecule has 0 aliphatic rings. The molecule has 0 saturated carbocycles. The molecule has 0 radical (unpaired) electrons. The molecule has 3 rings (SSSR count). The molecule has 2 aromatic heterocycles. The maximum absolute atomic E-state index is 12.7. The van der Waals surface area contributed by atoms with Crippen LogP contribution in [0.25, 0.3) is 5.69 Å². The van der Waals surface area contributed by atoms with Gasteiger partial charge in [-0.05, 0) is 44.5 Å².